The van der Waals surface area contributed by atoms with Gasteiger partial charge < -0.3 is 9.57 Å². The number of fused-ring (bicyclic) bond motifs is 1. The van der Waals surface area contributed by atoms with Crippen LogP contribution in [0.4, 0.5) is 0 Å². The van der Waals surface area contributed by atoms with Gasteiger partial charge in [0.1, 0.15) is 0 Å². The first-order chi connectivity index (χ1) is 7.92. The van der Waals surface area contributed by atoms with Crippen LogP contribution in [-0.4, -0.2) is 18.8 Å². The SMILES string of the molecule is c1ccc(CO[C@@H]2C[C@H]3CON[C@H]3C2)cc1. The predicted octanol–water partition coefficient (Wildman–Crippen LogP) is 1.89. The molecule has 2 fully saturated rings. The molecule has 0 radical (unpaired) electrons. The lowest BCUT2D eigenvalue weighted by Crippen LogP contribution is -2.22. The molecule has 0 unspecified atom stereocenters. The second-order valence-corrected chi connectivity index (χ2v) is 4.69. The summed E-state index contributed by atoms with van der Waals surface area (Å²) in [6.45, 7) is 1.57. The van der Waals surface area contributed by atoms with Gasteiger partial charge in [-0.3, -0.25) is 0 Å². The molecule has 16 heavy (non-hydrogen) atoms. The zero-order valence-corrected chi connectivity index (χ0v) is 9.26. The zero-order chi connectivity index (χ0) is 10.8. The third-order valence-corrected chi connectivity index (χ3v) is 3.51. The minimum atomic E-state index is 0.395. The Bertz CT molecular complexity index is 329. The lowest BCUT2D eigenvalue weighted by Gasteiger charge is -2.12. The summed E-state index contributed by atoms with van der Waals surface area (Å²) in [5, 5.41) is 0. The summed E-state index contributed by atoms with van der Waals surface area (Å²) in [7, 11) is 0. The topological polar surface area (TPSA) is 30.5 Å². The standard InChI is InChI=1S/C13H17NO2/c1-2-4-10(5-3-1)8-15-12-6-11-9-16-14-13(11)7-12/h1-5,11-14H,6-9H2/t11-,12+,13-/m0/s1. The Morgan fingerprint density at radius 3 is 2.94 bits per heavy atom. The van der Waals surface area contributed by atoms with E-state index >= 15 is 0 Å². The second-order valence-electron chi connectivity index (χ2n) is 4.69. The summed E-state index contributed by atoms with van der Waals surface area (Å²) >= 11 is 0. The average molecular weight is 219 g/mol. The van der Waals surface area contributed by atoms with E-state index in [-0.39, 0.29) is 0 Å². The monoisotopic (exact) mass is 219 g/mol. The highest BCUT2D eigenvalue weighted by molar-refractivity contribution is 5.13. The molecule has 0 amide bonds. The summed E-state index contributed by atoms with van der Waals surface area (Å²) in [6, 6.07) is 10.9. The zero-order valence-electron chi connectivity index (χ0n) is 9.26. The van der Waals surface area contributed by atoms with Crippen molar-refractivity contribution in [2.75, 3.05) is 6.61 Å². The minimum absolute atomic E-state index is 0.395. The third kappa shape index (κ3) is 2.12. The normalized spacial score (nSPS) is 32.9. The van der Waals surface area contributed by atoms with Gasteiger partial charge in [0, 0.05) is 12.0 Å². The molecule has 86 valence electrons. The number of benzene rings is 1. The summed E-state index contributed by atoms with van der Waals surface area (Å²) in [5.41, 5.74) is 4.32. The quantitative estimate of drug-likeness (QED) is 0.842. The van der Waals surface area contributed by atoms with Gasteiger partial charge in [-0.1, -0.05) is 30.3 Å². The molecule has 1 N–H and O–H groups in total. The van der Waals surface area contributed by atoms with E-state index in [9.17, 15) is 0 Å². The molecule has 3 rings (SSSR count). The minimum Gasteiger partial charge on any atom is -0.373 e. The maximum atomic E-state index is 5.93. The fourth-order valence-electron chi connectivity index (χ4n) is 2.59. The number of rotatable bonds is 3. The fraction of sp³-hybridized carbons (Fsp3) is 0.538. The Kier molecular flexibility index (Phi) is 2.91. The van der Waals surface area contributed by atoms with E-state index in [2.05, 4.69) is 29.7 Å². The van der Waals surface area contributed by atoms with E-state index in [1.165, 1.54) is 5.56 Å². The smallest absolute Gasteiger partial charge is 0.0727 e. The maximum Gasteiger partial charge on any atom is 0.0727 e. The number of hydrogen-bond acceptors (Lipinski definition) is 3. The lowest BCUT2D eigenvalue weighted by atomic mass is 10.1. The second kappa shape index (κ2) is 4.53. The van der Waals surface area contributed by atoms with Gasteiger partial charge in [-0.25, -0.2) is 0 Å². The Morgan fingerprint density at radius 1 is 1.25 bits per heavy atom. The largest absolute Gasteiger partial charge is 0.373 e. The molecule has 1 heterocycles. The highest BCUT2D eigenvalue weighted by atomic mass is 16.7. The van der Waals surface area contributed by atoms with Crippen molar-refractivity contribution >= 4 is 0 Å². The van der Waals surface area contributed by atoms with Crippen molar-refractivity contribution in [2.45, 2.75) is 31.6 Å². The van der Waals surface area contributed by atoms with E-state index in [0.29, 0.717) is 18.1 Å². The molecule has 1 aliphatic heterocycles. The van der Waals surface area contributed by atoms with Crippen LogP contribution in [0, 0.1) is 5.92 Å². The molecule has 0 spiro atoms. The van der Waals surface area contributed by atoms with E-state index in [1.54, 1.807) is 0 Å². The van der Waals surface area contributed by atoms with Crippen LogP contribution in [0.5, 0.6) is 0 Å². The summed E-state index contributed by atoms with van der Waals surface area (Å²) in [4.78, 5) is 5.22. The van der Waals surface area contributed by atoms with Gasteiger partial charge >= 0.3 is 0 Å². The number of hydrogen-bond donors (Lipinski definition) is 1. The molecule has 1 aromatic carbocycles. The van der Waals surface area contributed by atoms with Gasteiger partial charge in [0.25, 0.3) is 0 Å². The van der Waals surface area contributed by atoms with Crippen LogP contribution in [0.3, 0.4) is 0 Å². The third-order valence-electron chi connectivity index (χ3n) is 3.51. The highest BCUT2D eigenvalue weighted by Crippen LogP contribution is 2.32. The fourth-order valence-corrected chi connectivity index (χ4v) is 2.59. The Labute approximate surface area is 95.7 Å². The summed E-state index contributed by atoms with van der Waals surface area (Å²) < 4.78 is 5.93. The maximum absolute atomic E-state index is 5.93. The van der Waals surface area contributed by atoms with E-state index in [1.807, 2.05) is 6.07 Å². The summed E-state index contributed by atoms with van der Waals surface area (Å²) in [5.74, 6) is 0.653. The molecule has 1 aliphatic carbocycles. The molecule has 3 atom stereocenters. The van der Waals surface area contributed by atoms with Gasteiger partial charge in [-0.2, -0.15) is 5.48 Å². The van der Waals surface area contributed by atoms with Crippen LogP contribution >= 0.6 is 0 Å². The van der Waals surface area contributed by atoms with Gasteiger partial charge in [0.05, 0.1) is 19.3 Å². The first kappa shape index (κ1) is 10.3. The van der Waals surface area contributed by atoms with Gasteiger partial charge in [-0.05, 0) is 18.4 Å². The van der Waals surface area contributed by atoms with Crippen molar-refractivity contribution in [1.29, 1.82) is 0 Å². The first-order valence-corrected chi connectivity index (χ1v) is 5.94. The molecule has 1 saturated carbocycles. The van der Waals surface area contributed by atoms with Crippen LogP contribution in [0.2, 0.25) is 0 Å². The average Bonchev–Trinajstić information content (AvgIpc) is 2.88. The van der Waals surface area contributed by atoms with Crippen molar-refractivity contribution in [2.24, 2.45) is 5.92 Å². The van der Waals surface area contributed by atoms with Gasteiger partial charge in [0.2, 0.25) is 0 Å². The Morgan fingerprint density at radius 2 is 2.12 bits per heavy atom. The number of ether oxygens (including phenoxy) is 1. The van der Waals surface area contributed by atoms with Crippen molar-refractivity contribution in [3.05, 3.63) is 35.9 Å². The number of hydroxylamine groups is 1. The van der Waals surface area contributed by atoms with E-state index in [0.717, 1.165) is 26.1 Å². The molecule has 1 aromatic rings. The van der Waals surface area contributed by atoms with Crippen molar-refractivity contribution in [3.63, 3.8) is 0 Å². The number of nitrogens with one attached hydrogen (secondary N) is 1. The predicted molar refractivity (Wildman–Crippen MR) is 60.6 cm³/mol. The van der Waals surface area contributed by atoms with Crippen LogP contribution in [0.15, 0.2) is 30.3 Å². The summed E-state index contributed by atoms with van der Waals surface area (Å²) in [6.07, 6.45) is 2.61. The van der Waals surface area contributed by atoms with E-state index < -0.39 is 0 Å². The molecular weight excluding hydrogens is 202 g/mol. The molecule has 2 aliphatic rings. The Balaban J connectivity index is 1.50. The van der Waals surface area contributed by atoms with E-state index in [4.69, 9.17) is 9.57 Å². The molecular formula is C13H17NO2. The van der Waals surface area contributed by atoms with Crippen LogP contribution < -0.4 is 5.48 Å². The molecule has 0 bridgehead atoms. The Hall–Kier alpha value is -0.900. The lowest BCUT2D eigenvalue weighted by molar-refractivity contribution is 0.0176. The van der Waals surface area contributed by atoms with Gasteiger partial charge in [-0.15, -0.1) is 0 Å². The van der Waals surface area contributed by atoms with Crippen LogP contribution in [0.1, 0.15) is 18.4 Å². The van der Waals surface area contributed by atoms with Crippen molar-refractivity contribution < 1.29 is 9.57 Å². The van der Waals surface area contributed by atoms with Crippen LogP contribution in [-0.2, 0) is 16.2 Å². The highest BCUT2D eigenvalue weighted by Gasteiger charge is 2.38. The molecule has 3 heteroatoms. The van der Waals surface area contributed by atoms with Crippen molar-refractivity contribution in [3.8, 4) is 0 Å². The van der Waals surface area contributed by atoms with Gasteiger partial charge in [0.15, 0.2) is 0 Å². The van der Waals surface area contributed by atoms with Crippen LogP contribution in [0.25, 0.3) is 0 Å². The first-order valence-electron chi connectivity index (χ1n) is 5.94. The van der Waals surface area contributed by atoms with Crippen molar-refractivity contribution in [1.82, 2.24) is 5.48 Å². The molecule has 0 aromatic heterocycles. The molecule has 3 nitrogen and oxygen atoms in total. The molecule has 1 saturated heterocycles.